The van der Waals surface area contributed by atoms with Gasteiger partial charge in [-0.1, -0.05) is 39.2 Å². The highest BCUT2D eigenvalue weighted by Crippen LogP contribution is 2.19. The molecule has 0 spiro atoms. The topological polar surface area (TPSA) is 50.8 Å². The second kappa shape index (κ2) is 11.8. The van der Waals surface area contributed by atoms with Gasteiger partial charge >= 0.3 is 6.09 Å². The highest BCUT2D eigenvalue weighted by molar-refractivity contribution is 5.84. The summed E-state index contributed by atoms with van der Waals surface area (Å²) >= 11 is 0. The molecular formula is C21H34N2O3. The Morgan fingerprint density at radius 3 is 2.69 bits per heavy atom. The van der Waals surface area contributed by atoms with Crippen molar-refractivity contribution in [2.45, 2.75) is 64.9 Å². The van der Waals surface area contributed by atoms with Gasteiger partial charge in [-0.3, -0.25) is 5.32 Å². The SMILES string of the molecule is CCCCCCOc1cccc(NC(=O)OC2CCN(CCC)CC2)c1. The van der Waals surface area contributed by atoms with Crippen molar-refractivity contribution in [3.8, 4) is 5.75 Å². The number of hydrogen-bond donors (Lipinski definition) is 1. The summed E-state index contributed by atoms with van der Waals surface area (Å²) in [6, 6.07) is 7.51. The average Bonchev–Trinajstić information content (AvgIpc) is 2.64. The Morgan fingerprint density at radius 1 is 1.15 bits per heavy atom. The summed E-state index contributed by atoms with van der Waals surface area (Å²) < 4.78 is 11.3. The molecule has 1 N–H and O–H groups in total. The average molecular weight is 363 g/mol. The Bertz CT molecular complexity index is 528. The third kappa shape index (κ3) is 7.65. The van der Waals surface area contributed by atoms with Gasteiger partial charge in [0.25, 0.3) is 0 Å². The Hall–Kier alpha value is -1.75. The van der Waals surface area contributed by atoms with Gasteiger partial charge in [0, 0.05) is 24.8 Å². The molecule has 1 saturated heterocycles. The zero-order valence-corrected chi connectivity index (χ0v) is 16.3. The molecule has 0 aromatic heterocycles. The molecule has 1 heterocycles. The molecule has 0 aliphatic carbocycles. The summed E-state index contributed by atoms with van der Waals surface area (Å²) in [7, 11) is 0. The molecule has 2 rings (SSSR count). The maximum Gasteiger partial charge on any atom is 0.411 e. The Labute approximate surface area is 158 Å². The van der Waals surface area contributed by atoms with Crippen molar-refractivity contribution in [1.29, 1.82) is 0 Å². The molecule has 1 aliphatic rings. The molecule has 146 valence electrons. The van der Waals surface area contributed by atoms with Crippen LogP contribution in [-0.4, -0.2) is 43.3 Å². The van der Waals surface area contributed by atoms with Gasteiger partial charge in [0.15, 0.2) is 0 Å². The second-order valence-electron chi connectivity index (χ2n) is 7.01. The number of benzene rings is 1. The molecule has 1 aliphatic heterocycles. The first-order chi connectivity index (χ1) is 12.7. The quantitative estimate of drug-likeness (QED) is 0.591. The van der Waals surface area contributed by atoms with Gasteiger partial charge in [-0.05, 0) is 44.4 Å². The highest BCUT2D eigenvalue weighted by atomic mass is 16.6. The fraction of sp³-hybridized carbons (Fsp3) is 0.667. The van der Waals surface area contributed by atoms with E-state index in [4.69, 9.17) is 9.47 Å². The zero-order chi connectivity index (χ0) is 18.6. The first-order valence-corrected chi connectivity index (χ1v) is 10.1. The number of amides is 1. The van der Waals surface area contributed by atoms with E-state index in [0.29, 0.717) is 12.3 Å². The number of hydrogen-bond acceptors (Lipinski definition) is 4. The van der Waals surface area contributed by atoms with E-state index in [2.05, 4.69) is 24.1 Å². The van der Waals surface area contributed by atoms with E-state index in [-0.39, 0.29) is 12.2 Å². The predicted molar refractivity (Wildman–Crippen MR) is 106 cm³/mol. The molecule has 0 radical (unpaired) electrons. The van der Waals surface area contributed by atoms with Crippen molar-refractivity contribution in [2.75, 3.05) is 31.6 Å². The molecule has 0 unspecified atom stereocenters. The lowest BCUT2D eigenvalue weighted by molar-refractivity contribution is 0.0590. The van der Waals surface area contributed by atoms with E-state index in [1.807, 2.05) is 24.3 Å². The standard InChI is InChI=1S/C21H34N2O3/c1-3-5-6-7-16-25-20-10-8-9-18(17-20)22-21(24)26-19-11-14-23(13-4-2)15-12-19/h8-10,17,19H,3-7,11-16H2,1-2H3,(H,22,24). The molecule has 0 bridgehead atoms. The molecule has 26 heavy (non-hydrogen) atoms. The number of nitrogens with one attached hydrogen (secondary N) is 1. The minimum absolute atomic E-state index is 0.0149. The van der Waals surface area contributed by atoms with Gasteiger partial charge in [0.1, 0.15) is 11.9 Å². The monoisotopic (exact) mass is 362 g/mol. The number of carbonyl (C=O) groups is 1. The highest BCUT2D eigenvalue weighted by Gasteiger charge is 2.21. The van der Waals surface area contributed by atoms with Crippen LogP contribution in [0.25, 0.3) is 0 Å². The van der Waals surface area contributed by atoms with Crippen molar-refractivity contribution in [2.24, 2.45) is 0 Å². The molecule has 0 saturated carbocycles. The van der Waals surface area contributed by atoms with Crippen LogP contribution in [0.1, 0.15) is 58.8 Å². The third-order valence-electron chi connectivity index (χ3n) is 4.70. The van der Waals surface area contributed by atoms with Crippen molar-refractivity contribution >= 4 is 11.8 Å². The van der Waals surface area contributed by atoms with E-state index >= 15 is 0 Å². The number of nitrogens with zero attached hydrogens (tertiary/aromatic N) is 1. The smallest absolute Gasteiger partial charge is 0.411 e. The maximum absolute atomic E-state index is 12.1. The maximum atomic E-state index is 12.1. The molecule has 1 aromatic rings. The van der Waals surface area contributed by atoms with Crippen LogP contribution in [0.4, 0.5) is 10.5 Å². The van der Waals surface area contributed by atoms with Crippen LogP contribution < -0.4 is 10.1 Å². The summed E-state index contributed by atoms with van der Waals surface area (Å²) in [6.07, 6.45) is 7.35. The lowest BCUT2D eigenvalue weighted by atomic mass is 10.1. The van der Waals surface area contributed by atoms with Crippen LogP contribution in [0.3, 0.4) is 0 Å². The van der Waals surface area contributed by atoms with Crippen LogP contribution in [0.5, 0.6) is 5.75 Å². The van der Waals surface area contributed by atoms with E-state index in [1.54, 1.807) is 0 Å². The Morgan fingerprint density at radius 2 is 1.96 bits per heavy atom. The van der Waals surface area contributed by atoms with E-state index in [1.165, 1.54) is 25.7 Å². The van der Waals surface area contributed by atoms with Crippen LogP contribution in [-0.2, 0) is 4.74 Å². The molecular weight excluding hydrogens is 328 g/mol. The fourth-order valence-corrected chi connectivity index (χ4v) is 3.25. The van der Waals surface area contributed by atoms with Crippen molar-refractivity contribution in [3.05, 3.63) is 24.3 Å². The van der Waals surface area contributed by atoms with E-state index in [0.717, 1.165) is 44.6 Å². The number of piperidine rings is 1. The second-order valence-corrected chi connectivity index (χ2v) is 7.01. The number of unbranched alkanes of at least 4 members (excludes halogenated alkanes) is 3. The normalized spacial score (nSPS) is 15.6. The van der Waals surface area contributed by atoms with Crippen LogP contribution in [0, 0.1) is 0 Å². The molecule has 0 atom stereocenters. The third-order valence-corrected chi connectivity index (χ3v) is 4.70. The largest absolute Gasteiger partial charge is 0.494 e. The lowest BCUT2D eigenvalue weighted by Gasteiger charge is -2.31. The number of anilines is 1. The Kier molecular flexibility index (Phi) is 9.32. The Balaban J connectivity index is 1.70. The molecule has 1 aromatic carbocycles. The number of carbonyl (C=O) groups excluding carboxylic acids is 1. The number of ether oxygens (including phenoxy) is 2. The predicted octanol–water partition coefficient (Wildman–Crippen LogP) is 5.07. The van der Waals surface area contributed by atoms with Crippen LogP contribution >= 0.6 is 0 Å². The van der Waals surface area contributed by atoms with Crippen molar-refractivity contribution in [3.63, 3.8) is 0 Å². The first-order valence-electron chi connectivity index (χ1n) is 10.1. The van der Waals surface area contributed by atoms with Gasteiger partial charge in [0.2, 0.25) is 0 Å². The number of likely N-dealkylation sites (tertiary alicyclic amines) is 1. The fourth-order valence-electron chi connectivity index (χ4n) is 3.25. The van der Waals surface area contributed by atoms with Crippen LogP contribution in [0.2, 0.25) is 0 Å². The zero-order valence-electron chi connectivity index (χ0n) is 16.3. The summed E-state index contributed by atoms with van der Waals surface area (Å²) in [5.74, 6) is 0.784. The van der Waals surface area contributed by atoms with Crippen LogP contribution in [0.15, 0.2) is 24.3 Å². The van der Waals surface area contributed by atoms with Gasteiger partial charge in [-0.2, -0.15) is 0 Å². The molecule has 1 fully saturated rings. The van der Waals surface area contributed by atoms with E-state index in [9.17, 15) is 4.79 Å². The van der Waals surface area contributed by atoms with E-state index < -0.39 is 0 Å². The minimum Gasteiger partial charge on any atom is -0.494 e. The lowest BCUT2D eigenvalue weighted by Crippen LogP contribution is -2.38. The van der Waals surface area contributed by atoms with Gasteiger partial charge < -0.3 is 14.4 Å². The molecule has 1 amide bonds. The summed E-state index contributed by atoms with van der Waals surface area (Å²) in [6.45, 7) is 8.25. The minimum atomic E-state index is -0.376. The first kappa shape index (κ1) is 20.6. The van der Waals surface area contributed by atoms with Gasteiger partial charge in [-0.15, -0.1) is 0 Å². The summed E-state index contributed by atoms with van der Waals surface area (Å²) in [4.78, 5) is 14.6. The molecule has 5 heteroatoms. The van der Waals surface area contributed by atoms with Gasteiger partial charge in [0.05, 0.1) is 6.61 Å². The summed E-state index contributed by atoms with van der Waals surface area (Å²) in [5, 5.41) is 2.82. The molecule has 5 nitrogen and oxygen atoms in total. The number of rotatable bonds is 10. The van der Waals surface area contributed by atoms with Gasteiger partial charge in [-0.25, -0.2) is 4.79 Å². The van der Waals surface area contributed by atoms with Crippen molar-refractivity contribution in [1.82, 2.24) is 4.90 Å². The summed E-state index contributed by atoms with van der Waals surface area (Å²) in [5.41, 5.74) is 0.712. The van der Waals surface area contributed by atoms with Crippen molar-refractivity contribution < 1.29 is 14.3 Å².